The van der Waals surface area contributed by atoms with Crippen molar-refractivity contribution in [2.45, 2.75) is 26.9 Å². The summed E-state index contributed by atoms with van der Waals surface area (Å²) in [5, 5.41) is 3.69. The topological polar surface area (TPSA) is 38.6 Å². The Hall–Kier alpha value is -1.42. The summed E-state index contributed by atoms with van der Waals surface area (Å²) >= 11 is 6.18. The van der Waals surface area contributed by atoms with Crippen molar-refractivity contribution in [3.8, 4) is 5.75 Å². The molecule has 2 rings (SSSR count). The minimum Gasteiger partial charge on any atom is -0.489 e. The molecule has 0 aliphatic heterocycles. The number of halogens is 1. The third kappa shape index (κ3) is 2.17. The van der Waals surface area contributed by atoms with E-state index < -0.39 is 0 Å². The Morgan fingerprint density at radius 2 is 2.18 bits per heavy atom. The molecule has 0 fully saturated rings. The number of nitrogens with one attached hydrogen (secondary N) is 1. The van der Waals surface area contributed by atoms with Crippen LogP contribution in [0.5, 0.6) is 5.75 Å². The molecule has 0 amide bonds. The molecule has 0 unspecified atom stereocenters. The SMILES string of the molecule is CNc1c(C)nc2cc(OC(C)C)c(Cl)cn12. The summed E-state index contributed by atoms with van der Waals surface area (Å²) in [5.74, 6) is 1.61. The van der Waals surface area contributed by atoms with Gasteiger partial charge in [-0.05, 0) is 20.8 Å². The second kappa shape index (κ2) is 4.45. The third-order valence-electron chi connectivity index (χ3n) is 2.45. The second-order valence-electron chi connectivity index (χ2n) is 4.18. The number of rotatable bonds is 3. The van der Waals surface area contributed by atoms with Crippen LogP contribution in [-0.4, -0.2) is 22.5 Å². The van der Waals surface area contributed by atoms with E-state index in [0.717, 1.165) is 17.2 Å². The van der Waals surface area contributed by atoms with Gasteiger partial charge in [-0.1, -0.05) is 11.6 Å². The molecule has 2 aromatic rings. The normalized spacial score (nSPS) is 11.2. The number of hydrogen-bond acceptors (Lipinski definition) is 3. The van der Waals surface area contributed by atoms with Gasteiger partial charge in [0, 0.05) is 19.3 Å². The van der Waals surface area contributed by atoms with Gasteiger partial charge >= 0.3 is 0 Å². The van der Waals surface area contributed by atoms with E-state index in [1.54, 1.807) is 0 Å². The summed E-state index contributed by atoms with van der Waals surface area (Å²) in [5.41, 5.74) is 1.76. The Bertz CT molecular complexity index is 548. The molecule has 4 nitrogen and oxygen atoms in total. The summed E-state index contributed by atoms with van der Waals surface area (Å²) in [6.07, 6.45) is 1.91. The minimum absolute atomic E-state index is 0.0924. The average molecular weight is 254 g/mol. The minimum atomic E-state index is 0.0924. The molecule has 0 atom stereocenters. The lowest BCUT2D eigenvalue weighted by Crippen LogP contribution is -2.06. The van der Waals surface area contributed by atoms with Crippen LogP contribution < -0.4 is 10.1 Å². The monoisotopic (exact) mass is 253 g/mol. The molecule has 0 saturated heterocycles. The van der Waals surface area contributed by atoms with E-state index in [-0.39, 0.29) is 6.10 Å². The zero-order valence-electron chi connectivity index (χ0n) is 10.4. The summed E-state index contributed by atoms with van der Waals surface area (Å²) in [7, 11) is 1.86. The molecule has 0 aliphatic carbocycles. The van der Waals surface area contributed by atoms with Gasteiger partial charge in [0.2, 0.25) is 0 Å². The highest BCUT2D eigenvalue weighted by Crippen LogP contribution is 2.29. The smallest absolute Gasteiger partial charge is 0.143 e. The summed E-state index contributed by atoms with van der Waals surface area (Å²) in [4.78, 5) is 4.45. The van der Waals surface area contributed by atoms with Crippen LogP contribution in [0, 0.1) is 6.92 Å². The molecule has 17 heavy (non-hydrogen) atoms. The van der Waals surface area contributed by atoms with E-state index in [4.69, 9.17) is 16.3 Å². The van der Waals surface area contributed by atoms with E-state index in [9.17, 15) is 0 Å². The van der Waals surface area contributed by atoms with Gasteiger partial charge in [-0.2, -0.15) is 0 Å². The zero-order valence-corrected chi connectivity index (χ0v) is 11.2. The number of aryl methyl sites for hydroxylation is 1. The maximum atomic E-state index is 6.18. The second-order valence-corrected chi connectivity index (χ2v) is 4.58. The van der Waals surface area contributed by atoms with Crippen molar-refractivity contribution < 1.29 is 4.74 Å². The summed E-state index contributed by atoms with van der Waals surface area (Å²) in [6, 6.07) is 1.86. The summed E-state index contributed by atoms with van der Waals surface area (Å²) in [6.45, 7) is 5.89. The Balaban J connectivity index is 2.58. The first-order valence-electron chi connectivity index (χ1n) is 5.55. The number of pyridine rings is 1. The van der Waals surface area contributed by atoms with E-state index in [2.05, 4.69) is 10.3 Å². The van der Waals surface area contributed by atoms with Gasteiger partial charge in [0.1, 0.15) is 17.2 Å². The van der Waals surface area contributed by atoms with Crippen LogP contribution in [0.15, 0.2) is 12.3 Å². The summed E-state index contributed by atoms with van der Waals surface area (Å²) < 4.78 is 7.55. The molecule has 0 bridgehead atoms. The van der Waals surface area contributed by atoms with Crippen LogP contribution in [0.3, 0.4) is 0 Å². The van der Waals surface area contributed by atoms with E-state index in [1.807, 2.05) is 44.5 Å². The number of fused-ring (bicyclic) bond motifs is 1. The quantitative estimate of drug-likeness (QED) is 0.913. The Morgan fingerprint density at radius 1 is 1.47 bits per heavy atom. The van der Waals surface area contributed by atoms with E-state index in [1.165, 1.54) is 0 Å². The van der Waals surface area contributed by atoms with Gasteiger partial charge in [-0.15, -0.1) is 0 Å². The molecule has 0 aromatic carbocycles. The molecule has 0 radical (unpaired) electrons. The highest BCUT2D eigenvalue weighted by molar-refractivity contribution is 6.32. The molecule has 2 heterocycles. The molecule has 92 valence electrons. The van der Waals surface area contributed by atoms with Crippen molar-refractivity contribution in [1.82, 2.24) is 9.38 Å². The van der Waals surface area contributed by atoms with Crippen LogP contribution >= 0.6 is 11.6 Å². The fourth-order valence-electron chi connectivity index (χ4n) is 1.81. The van der Waals surface area contributed by atoms with Crippen molar-refractivity contribution in [2.24, 2.45) is 0 Å². The van der Waals surface area contributed by atoms with Gasteiger partial charge in [0.05, 0.1) is 16.8 Å². The molecule has 2 aromatic heterocycles. The van der Waals surface area contributed by atoms with Crippen LogP contribution in [0.2, 0.25) is 5.02 Å². The molecule has 1 N–H and O–H groups in total. The van der Waals surface area contributed by atoms with Crippen molar-refractivity contribution >= 4 is 23.1 Å². The zero-order chi connectivity index (χ0) is 12.6. The number of aromatic nitrogens is 2. The lowest BCUT2D eigenvalue weighted by Gasteiger charge is -2.12. The van der Waals surface area contributed by atoms with Crippen molar-refractivity contribution in [2.75, 3.05) is 12.4 Å². The van der Waals surface area contributed by atoms with Crippen LogP contribution in [0.4, 0.5) is 5.82 Å². The van der Waals surface area contributed by atoms with Crippen molar-refractivity contribution in [3.05, 3.63) is 23.0 Å². The lowest BCUT2D eigenvalue weighted by atomic mass is 10.4. The van der Waals surface area contributed by atoms with Crippen molar-refractivity contribution in [1.29, 1.82) is 0 Å². The number of imidazole rings is 1. The van der Waals surface area contributed by atoms with Gasteiger partial charge in [0.15, 0.2) is 0 Å². The highest BCUT2D eigenvalue weighted by Gasteiger charge is 2.12. The van der Waals surface area contributed by atoms with Gasteiger partial charge in [0.25, 0.3) is 0 Å². The van der Waals surface area contributed by atoms with Crippen LogP contribution in [0.25, 0.3) is 5.65 Å². The maximum Gasteiger partial charge on any atom is 0.143 e. The molecule has 0 aliphatic rings. The molecule has 0 spiro atoms. The predicted octanol–water partition coefficient (Wildman–Crippen LogP) is 3.13. The number of nitrogens with zero attached hydrogens (tertiary/aromatic N) is 2. The van der Waals surface area contributed by atoms with Gasteiger partial charge < -0.3 is 10.1 Å². The van der Waals surface area contributed by atoms with Crippen molar-refractivity contribution in [3.63, 3.8) is 0 Å². The first-order chi connectivity index (χ1) is 8.02. The number of hydrogen-bond donors (Lipinski definition) is 1. The average Bonchev–Trinajstić information content (AvgIpc) is 2.53. The fraction of sp³-hybridized carbons (Fsp3) is 0.417. The maximum absolute atomic E-state index is 6.18. The Kier molecular flexibility index (Phi) is 3.15. The van der Waals surface area contributed by atoms with E-state index >= 15 is 0 Å². The Morgan fingerprint density at radius 3 is 2.76 bits per heavy atom. The first kappa shape index (κ1) is 12.0. The first-order valence-corrected chi connectivity index (χ1v) is 5.93. The standard InChI is InChI=1S/C12H16ClN3O/c1-7(2)17-10-5-11-15-8(3)12(14-4)16(11)6-9(10)13/h5-7,14H,1-4H3. The largest absolute Gasteiger partial charge is 0.489 e. The van der Waals surface area contributed by atoms with Crippen LogP contribution in [-0.2, 0) is 0 Å². The fourth-order valence-corrected chi connectivity index (χ4v) is 2.01. The number of anilines is 1. The van der Waals surface area contributed by atoms with Crippen LogP contribution in [0.1, 0.15) is 19.5 Å². The lowest BCUT2D eigenvalue weighted by molar-refractivity contribution is 0.242. The third-order valence-corrected chi connectivity index (χ3v) is 2.73. The molecule has 0 saturated carbocycles. The highest BCUT2D eigenvalue weighted by atomic mass is 35.5. The molecular weight excluding hydrogens is 238 g/mol. The predicted molar refractivity (Wildman–Crippen MR) is 70.2 cm³/mol. The molecule has 5 heteroatoms. The number of ether oxygens (including phenoxy) is 1. The van der Waals surface area contributed by atoms with Gasteiger partial charge in [-0.25, -0.2) is 4.98 Å². The van der Waals surface area contributed by atoms with Gasteiger partial charge in [-0.3, -0.25) is 4.40 Å². The Labute approximate surface area is 106 Å². The van der Waals surface area contributed by atoms with E-state index in [0.29, 0.717) is 10.8 Å². The molecular formula is C12H16ClN3O.